The number of phenols is 1. The highest BCUT2D eigenvalue weighted by molar-refractivity contribution is 6.33. The van der Waals surface area contributed by atoms with Crippen molar-refractivity contribution in [3.8, 4) is 33.9 Å². The molecule has 0 aliphatic rings. The first kappa shape index (κ1) is 19.9. The average molecular weight is 427 g/mol. The van der Waals surface area contributed by atoms with E-state index in [9.17, 15) is 13.9 Å². The van der Waals surface area contributed by atoms with Gasteiger partial charge < -0.3 is 9.84 Å². The lowest BCUT2D eigenvalue weighted by atomic mass is 9.98. The van der Waals surface area contributed by atoms with E-state index in [0.717, 1.165) is 5.56 Å². The van der Waals surface area contributed by atoms with Gasteiger partial charge in [-0.1, -0.05) is 29.8 Å². The summed E-state index contributed by atoms with van der Waals surface area (Å²) in [6.07, 6.45) is 0. The maximum absolute atomic E-state index is 14.5. The van der Waals surface area contributed by atoms with E-state index in [0.29, 0.717) is 28.3 Å². The van der Waals surface area contributed by atoms with Gasteiger partial charge in [-0.25, -0.2) is 8.78 Å². The number of aromatic amines is 1. The highest BCUT2D eigenvalue weighted by Crippen LogP contribution is 2.41. The minimum atomic E-state index is -0.480. The minimum Gasteiger partial charge on any atom is -0.507 e. The Morgan fingerprint density at radius 2 is 1.80 bits per heavy atom. The SMILES string of the molecule is Cc1[nH]nc(-c2ccc(OCc3ccc(F)cc3)cc2O)c1-c1c(F)cccc1Cl. The molecule has 0 saturated heterocycles. The van der Waals surface area contributed by atoms with Gasteiger partial charge in [0.05, 0.1) is 5.02 Å². The third-order valence-electron chi connectivity index (χ3n) is 4.70. The lowest BCUT2D eigenvalue weighted by Gasteiger charge is -2.11. The first-order valence-corrected chi connectivity index (χ1v) is 9.52. The summed E-state index contributed by atoms with van der Waals surface area (Å²) in [5.41, 5.74) is 2.89. The molecule has 4 rings (SSSR count). The van der Waals surface area contributed by atoms with Crippen LogP contribution < -0.4 is 4.74 Å². The van der Waals surface area contributed by atoms with E-state index < -0.39 is 5.82 Å². The summed E-state index contributed by atoms with van der Waals surface area (Å²) >= 11 is 6.24. The van der Waals surface area contributed by atoms with Gasteiger partial charge in [0.25, 0.3) is 0 Å². The summed E-state index contributed by atoms with van der Waals surface area (Å²) < 4.78 is 33.2. The molecule has 30 heavy (non-hydrogen) atoms. The monoisotopic (exact) mass is 426 g/mol. The second kappa shape index (κ2) is 8.16. The fraction of sp³-hybridized carbons (Fsp3) is 0.0870. The van der Waals surface area contributed by atoms with Crippen LogP contribution in [-0.2, 0) is 6.61 Å². The molecule has 3 aromatic carbocycles. The number of hydrogen-bond donors (Lipinski definition) is 2. The molecular formula is C23H17ClF2N2O2. The molecule has 0 spiro atoms. The second-order valence-electron chi connectivity index (χ2n) is 6.76. The van der Waals surface area contributed by atoms with Crippen LogP contribution in [0.25, 0.3) is 22.4 Å². The Kier molecular flexibility index (Phi) is 5.42. The van der Waals surface area contributed by atoms with Crippen molar-refractivity contribution in [3.63, 3.8) is 0 Å². The number of aromatic hydroxyl groups is 1. The number of rotatable bonds is 5. The quantitative estimate of drug-likeness (QED) is 0.395. The highest BCUT2D eigenvalue weighted by Gasteiger charge is 2.22. The molecule has 0 aliphatic heterocycles. The van der Waals surface area contributed by atoms with Crippen molar-refractivity contribution in [3.05, 3.63) is 88.6 Å². The Bertz CT molecular complexity index is 1190. The molecular weight excluding hydrogens is 410 g/mol. The summed E-state index contributed by atoms with van der Waals surface area (Å²) in [5.74, 6) is -0.446. The smallest absolute Gasteiger partial charge is 0.132 e. The number of nitrogens with one attached hydrogen (secondary N) is 1. The van der Waals surface area contributed by atoms with Gasteiger partial charge in [-0.05, 0) is 48.9 Å². The standard InChI is InChI=1S/C23H17ClF2N2O2/c1-13-21(22-18(24)3-2-4-19(22)26)23(28-27-13)17-10-9-16(11-20(17)29)30-12-14-5-7-15(25)8-6-14/h2-11,29H,12H2,1H3,(H,27,28). The molecule has 0 unspecified atom stereocenters. The first-order chi connectivity index (χ1) is 14.4. The molecule has 2 N–H and O–H groups in total. The van der Waals surface area contributed by atoms with Crippen molar-refractivity contribution in [2.45, 2.75) is 13.5 Å². The molecule has 0 aliphatic carbocycles. The number of ether oxygens (including phenoxy) is 1. The molecule has 152 valence electrons. The molecule has 4 aromatic rings. The average Bonchev–Trinajstić information content (AvgIpc) is 3.08. The van der Waals surface area contributed by atoms with Crippen LogP contribution in [-0.4, -0.2) is 15.3 Å². The summed E-state index contributed by atoms with van der Waals surface area (Å²) in [4.78, 5) is 0. The van der Waals surface area contributed by atoms with E-state index in [4.69, 9.17) is 16.3 Å². The Balaban J connectivity index is 1.65. The number of aryl methyl sites for hydroxylation is 1. The number of hydrogen-bond acceptors (Lipinski definition) is 3. The lowest BCUT2D eigenvalue weighted by molar-refractivity contribution is 0.304. The maximum Gasteiger partial charge on any atom is 0.132 e. The first-order valence-electron chi connectivity index (χ1n) is 9.14. The van der Waals surface area contributed by atoms with Gasteiger partial charge in [0.1, 0.15) is 35.4 Å². The number of benzene rings is 3. The van der Waals surface area contributed by atoms with E-state index in [2.05, 4.69) is 10.2 Å². The van der Waals surface area contributed by atoms with Crippen LogP contribution in [0.15, 0.2) is 60.7 Å². The molecule has 0 fully saturated rings. The van der Waals surface area contributed by atoms with E-state index in [1.54, 1.807) is 37.3 Å². The third kappa shape index (κ3) is 3.86. The molecule has 0 saturated carbocycles. The van der Waals surface area contributed by atoms with E-state index in [1.807, 2.05) is 0 Å². The summed E-state index contributed by atoms with van der Waals surface area (Å²) in [7, 11) is 0. The van der Waals surface area contributed by atoms with Crippen LogP contribution in [0.3, 0.4) is 0 Å². The number of aromatic nitrogens is 2. The Morgan fingerprint density at radius 3 is 2.50 bits per heavy atom. The maximum atomic E-state index is 14.5. The van der Waals surface area contributed by atoms with E-state index in [1.165, 1.54) is 30.3 Å². The zero-order valence-electron chi connectivity index (χ0n) is 15.9. The van der Waals surface area contributed by atoms with Crippen molar-refractivity contribution < 1.29 is 18.6 Å². The van der Waals surface area contributed by atoms with Crippen molar-refractivity contribution >= 4 is 11.6 Å². The topological polar surface area (TPSA) is 58.1 Å². The number of halogens is 3. The predicted molar refractivity (Wildman–Crippen MR) is 112 cm³/mol. The number of H-pyrrole nitrogens is 1. The Morgan fingerprint density at radius 1 is 1.03 bits per heavy atom. The summed E-state index contributed by atoms with van der Waals surface area (Å²) in [6, 6.07) is 15.2. The van der Waals surface area contributed by atoms with Crippen LogP contribution in [0.4, 0.5) is 8.78 Å². The van der Waals surface area contributed by atoms with Crippen LogP contribution in [0.5, 0.6) is 11.5 Å². The molecule has 0 radical (unpaired) electrons. The van der Waals surface area contributed by atoms with Crippen molar-refractivity contribution in [2.75, 3.05) is 0 Å². The molecule has 0 amide bonds. The van der Waals surface area contributed by atoms with E-state index >= 15 is 0 Å². The zero-order chi connectivity index (χ0) is 21.3. The van der Waals surface area contributed by atoms with Crippen LogP contribution >= 0.6 is 11.6 Å². The predicted octanol–water partition coefficient (Wildman–Crippen LogP) is 6.27. The highest BCUT2D eigenvalue weighted by atomic mass is 35.5. The van der Waals surface area contributed by atoms with Crippen molar-refractivity contribution in [1.82, 2.24) is 10.2 Å². The number of phenolic OH excluding ortho intramolecular Hbond substituents is 1. The summed E-state index contributed by atoms with van der Waals surface area (Å²) in [5, 5.41) is 17.9. The van der Waals surface area contributed by atoms with Crippen LogP contribution in [0.1, 0.15) is 11.3 Å². The van der Waals surface area contributed by atoms with E-state index in [-0.39, 0.29) is 28.8 Å². The largest absolute Gasteiger partial charge is 0.507 e. The van der Waals surface area contributed by atoms with Gasteiger partial charge in [0, 0.05) is 28.5 Å². The molecule has 1 heterocycles. The van der Waals surface area contributed by atoms with Crippen molar-refractivity contribution in [2.24, 2.45) is 0 Å². The lowest BCUT2D eigenvalue weighted by Crippen LogP contribution is -1.96. The fourth-order valence-electron chi connectivity index (χ4n) is 3.22. The molecule has 0 atom stereocenters. The summed E-state index contributed by atoms with van der Waals surface area (Å²) in [6.45, 7) is 1.97. The fourth-order valence-corrected chi connectivity index (χ4v) is 3.47. The Hall–Kier alpha value is -3.38. The molecule has 1 aromatic heterocycles. The van der Waals surface area contributed by atoms with Crippen LogP contribution in [0.2, 0.25) is 5.02 Å². The third-order valence-corrected chi connectivity index (χ3v) is 5.02. The van der Waals surface area contributed by atoms with Gasteiger partial charge in [0.2, 0.25) is 0 Å². The second-order valence-corrected chi connectivity index (χ2v) is 7.17. The van der Waals surface area contributed by atoms with Gasteiger partial charge in [-0.15, -0.1) is 0 Å². The van der Waals surface area contributed by atoms with Gasteiger partial charge in [-0.3, -0.25) is 5.10 Å². The molecule has 7 heteroatoms. The normalized spacial score (nSPS) is 10.9. The minimum absolute atomic E-state index is 0.0770. The molecule has 0 bridgehead atoms. The number of nitrogens with zero attached hydrogens (tertiary/aromatic N) is 1. The van der Waals surface area contributed by atoms with Gasteiger partial charge in [-0.2, -0.15) is 5.10 Å². The van der Waals surface area contributed by atoms with Gasteiger partial charge >= 0.3 is 0 Å². The Labute approximate surface area is 176 Å². The van der Waals surface area contributed by atoms with Gasteiger partial charge in [0.15, 0.2) is 0 Å². The van der Waals surface area contributed by atoms with Crippen molar-refractivity contribution in [1.29, 1.82) is 0 Å². The van der Waals surface area contributed by atoms with Crippen LogP contribution in [0, 0.1) is 18.6 Å². The zero-order valence-corrected chi connectivity index (χ0v) is 16.7. The molecule has 4 nitrogen and oxygen atoms in total.